The molecule has 19 heavy (non-hydrogen) atoms. The fourth-order valence-corrected chi connectivity index (χ4v) is 2.60. The minimum atomic E-state index is 0.502. The molecule has 1 aromatic heterocycles. The highest BCUT2D eigenvalue weighted by Gasteiger charge is 2.09. The molecule has 1 N–H and O–H groups in total. The molecule has 0 saturated carbocycles. The second kappa shape index (κ2) is 6.87. The van der Waals surface area contributed by atoms with E-state index in [0.717, 1.165) is 29.0 Å². The molecule has 1 atom stereocenters. The summed E-state index contributed by atoms with van der Waals surface area (Å²) < 4.78 is 11.2. The van der Waals surface area contributed by atoms with E-state index in [0.29, 0.717) is 6.04 Å². The first kappa shape index (κ1) is 14.3. The van der Waals surface area contributed by atoms with Crippen LogP contribution in [-0.4, -0.2) is 25.2 Å². The molecule has 0 fully saturated rings. The number of methoxy groups -OCH3 is 1. The molecule has 0 aliphatic heterocycles. The van der Waals surface area contributed by atoms with Crippen molar-refractivity contribution in [3.8, 4) is 5.75 Å². The molecule has 0 spiro atoms. The van der Waals surface area contributed by atoms with E-state index in [2.05, 4.69) is 24.6 Å². The minimum absolute atomic E-state index is 0.502. The largest absolute Gasteiger partial charge is 0.493 e. The van der Waals surface area contributed by atoms with E-state index < -0.39 is 0 Å². The molecule has 1 aromatic carbocycles. The zero-order chi connectivity index (χ0) is 13.7. The average molecular weight is 279 g/mol. The van der Waals surface area contributed by atoms with Crippen molar-refractivity contribution < 1.29 is 9.15 Å². The van der Waals surface area contributed by atoms with Gasteiger partial charge in [-0.05, 0) is 37.5 Å². The Bertz CT molecular complexity index is 524. The summed E-state index contributed by atoms with van der Waals surface area (Å²) in [5, 5.41) is 4.57. The molecule has 0 amide bonds. The van der Waals surface area contributed by atoms with Gasteiger partial charge in [0.05, 0.1) is 13.7 Å². The van der Waals surface area contributed by atoms with Gasteiger partial charge in [-0.2, -0.15) is 11.8 Å². The maximum Gasteiger partial charge on any atom is 0.176 e. The summed E-state index contributed by atoms with van der Waals surface area (Å²) in [5.74, 6) is 2.93. The van der Waals surface area contributed by atoms with Crippen LogP contribution in [0.3, 0.4) is 0 Å². The molecule has 4 heteroatoms. The van der Waals surface area contributed by atoms with Gasteiger partial charge in [0.15, 0.2) is 11.3 Å². The second-order valence-electron chi connectivity index (χ2n) is 4.65. The first-order valence-corrected chi connectivity index (χ1v) is 7.91. The van der Waals surface area contributed by atoms with Gasteiger partial charge in [0.2, 0.25) is 0 Å². The summed E-state index contributed by atoms with van der Waals surface area (Å²) in [4.78, 5) is 0. The van der Waals surface area contributed by atoms with E-state index in [1.165, 1.54) is 12.2 Å². The number of hydrogen-bond donors (Lipinski definition) is 1. The lowest BCUT2D eigenvalue weighted by Gasteiger charge is -2.11. The summed E-state index contributed by atoms with van der Waals surface area (Å²) in [6.45, 7) is 2.97. The van der Waals surface area contributed by atoms with Gasteiger partial charge in [0, 0.05) is 11.4 Å². The zero-order valence-corrected chi connectivity index (χ0v) is 12.5. The molecular weight excluding hydrogens is 258 g/mol. The maximum atomic E-state index is 5.85. The number of ether oxygens (including phenoxy) is 1. The van der Waals surface area contributed by atoms with Crippen molar-refractivity contribution >= 4 is 22.7 Å². The van der Waals surface area contributed by atoms with Crippen molar-refractivity contribution in [2.75, 3.05) is 19.1 Å². The van der Waals surface area contributed by atoms with Gasteiger partial charge in [0.1, 0.15) is 5.76 Å². The van der Waals surface area contributed by atoms with Crippen LogP contribution < -0.4 is 10.1 Å². The molecule has 104 valence electrons. The number of hydrogen-bond acceptors (Lipinski definition) is 4. The first-order chi connectivity index (χ1) is 9.24. The van der Waals surface area contributed by atoms with Gasteiger partial charge >= 0.3 is 0 Å². The van der Waals surface area contributed by atoms with Crippen LogP contribution in [0, 0.1) is 0 Å². The van der Waals surface area contributed by atoms with Crippen LogP contribution in [0.25, 0.3) is 11.0 Å². The smallest absolute Gasteiger partial charge is 0.176 e. The van der Waals surface area contributed by atoms with Gasteiger partial charge in [-0.25, -0.2) is 0 Å². The molecule has 0 radical (unpaired) electrons. The topological polar surface area (TPSA) is 34.4 Å². The van der Waals surface area contributed by atoms with E-state index in [9.17, 15) is 0 Å². The summed E-state index contributed by atoms with van der Waals surface area (Å²) in [7, 11) is 1.67. The number of fused-ring (bicyclic) bond motifs is 1. The van der Waals surface area contributed by atoms with Gasteiger partial charge in [-0.15, -0.1) is 0 Å². The lowest BCUT2D eigenvalue weighted by molar-refractivity contribution is 0.404. The highest BCUT2D eigenvalue weighted by molar-refractivity contribution is 7.98. The monoisotopic (exact) mass is 279 g/mol. The Kier molecular flexibility index (Phi) is 5.16. The van der Waals surface area contributed by atoms with Crippen LogP contribution >= 0.6 is 11.8 Å². The third-order valence-corrected chi connectivity index (χ3v) is 3.80. The van der Waals surface area contributed by atoms with Crippen molar-refractivity contribution in [1.82, 2.24) is 5.32 Å². The Morgan fingerprint density at radius 2 is 2.26 bits per heavy atom. The molecule has 0 aliphatic carbocycles. The standard InChI is InChI=1S/C15H21NO2S/c1-11(7-8-19-3)16-10-13-9-12-5-4-6-14(17-2)15(12)18-13/h4-6,9,11,16H,7-8,10H2,1-3H3. The molecule has 0 aliphatic rings. The predicted molar refractivity (Wildman–Crippen MR) is 82.1 cm³/mol. The Morgan fingerprint density at radius 3 is 3.00 bits per heavy atom. The lowest BCUT2D eigenvalue weighted by atomic mass is 10.2. The number of benzene rings is 1. The fourth-order valence-electron chi connectivity index (χ4n) is 2.01. The van der Waals surface area contributed by atoms with Crippen LogP contribution in [0.5, 0.6) is 5.75 Å². The van der Waals surface area contributed by atoms with E-state index in [4.69, 9.17) is 9.15 Å². The third kappa shape index (κ3) is 3.67. The van der Waals surface area contributed by atoms with Crippen molar-refractivity contribution in [2.45, 2.75) is 25.9 Å². The fraction of sp³-hybridized carbons (Fsp3) is 0.467. The Hall–Kier alpha value is -1.13. The summed E-state index contributed by atoms with van der Waals surface area (Å²) in [6, 6.07) is 8.52. The highest BCUT2D eigenvalue weighted by Crippen LogP contribution is 2.28. The lowest BCUT2D eigenvalue weighted by Crippen LogP contribution is -2.25. The van der Waals surface area contributed by atoms with Gasteiger partial charge < -0.3 is 14.5 Å². The first-order valence-electron chi connectivity index (χ1n) is 6.52. The van der Waals surface area contributed by atoms with E-state index in [-0.39, 0.29) is 0 Å². The summed E-state index contributed by atoms with van der Waals surface area (Å²) in [5.41, 5.74) is 0.832. The number of para-hydroxylation sites is 1. The van der Waals surface area contributed by atoms with Crippen LogP contribution in [0.1, 0.15) is 19.1 Å². The van der Waals surface area contributed by atoms with Crippen molar-refractivity contribution in [3.05, 3.63) is 30.0 Å². The molecule has 1 unspecified atom stereocenters. The van der Waals surface area contributed by atoms with E-state index in [1.54, 1.807) is 7.11 Å². The molecular formula is C15H21NO2S. The molecule has 3 nitrogen and oxygen atoms in total. The maximum absolute atomic E-state index is 5.85. The minimum Gasteiger partial charge on any atom is -0.493 e. The second-order valence-corrected chi connectivity index (χ2v) is 5.64. The van der Waals surface area contributed by atoms with E-state index in [1.807, 2.05) is 30.0 Å². The highest BCUT2D eigenvalue weighted by atomic mass is 32.2. The average Bonchev–Trinajstić information content (AvgIpc) is 2.85. The third-order valence-electron chi connectivity index (χ3n) is 3.16. The van der Waals surface area contributed by atoms with Gasteiger partial charge in [-0.1, -0.05) is 12.1 Å². The summed E-state index contributed by atoms with van der Waals surface area (Å²) >= 11 is 1.88. The number of rotatable bonds is 7. The molecule has 2 rings (SSSR count). The van der Waals surface area contributed by atoms with Crippen LogP contribution in [0.2, 0.25) is 0 Å². The molecule has 0 saturated heterocycles. The Labute approximate surface area is 118 Å². The quantitative estimate of drug-likeness (QED) is 0.838. The number of furan rings is 1. The Balaban J connectivity index is 2.01. The molecule has 2 aromatic rings. The van der Waals surface area contributed by atoms with Crippen molar-refractivity contribution in [1.29, 1.82) is 0 Å². The molecule has 1 heterocycles. The van der Waals surface area contributed by atoms with Crippen LogP contribution in [-0.2, 0) is 6.54 Å². The van der Waals surface area contributed by atoms with Crippen molar-refractivity contribution in [2.24, 2.45) is 0 Å². The van der Waals surface area contributed by atoms with Gasteiger partial charge in [0.25, 0.3) is 0 Å². The predicted octanol–water partition coefficient (Wildman–Crippen LogP) is 3.67. The van der Waals surface area contributed by atoms with Gasteiger partial charge in [-0.3, -0.25) is 0 Å². The Morgan fingerprint density at radius 1 is 1.42 bits per heavy atom. The van der Waals surface area contributed by atoms with E-state index >= 15 is 0 Å². The number of thioether (sulfide) groups is 1. The molecule has 0 bridgehead atoms. The summed E-state index contributed by atoms with van der Waals surface area (Å²) in [6.07, 6.45) is 3.31. The van der Waals surface area contributed by atoms with Crippen LogP contribution in [0.4, 0.5) is 0 Å². The number of nitrogens with one attached hydrogen (secondary N) is 1. The SMILES string of the molecule is COc1cccc2cc(CNC(C)CCSC)oc12. The van der Waals surface area contributed by atoms with Crippen molar-refractivity contribution in [3.63, 3.8) is 0 Å². The zero-order valence-electron chi connectivity index (χ0n) is 11.7. The normalized spacial score (nSPS) is 12.8. The van der Waals surface area contributed by atoms with Crippen LogP contribution in [0.15, 0.2) is 28.7 Å².